The van der Waals surface area contributed by atoms with Gasteiger partial charge in [0, 0.05) is 0 Å². The van der Waals surface area contributed by atoms with E-state index in [0.717, 1.165) is 16.9 Å². The first-order valence-corrected chi connectivity index (χ1v) is 6.50. The fourth-order valence-electron chi connectivity index (χ4n) is 1.78. The highest BCUT2D eigenvalue weighted by atomic mass is 16.5. The van der Waals surface area contributed by atoms with E-state index < -0.39 is 0 Å². The fourth-order valence-corrected chi connectivity index (χ4v) is 1.78. The molecule has 2 rings (SSSR count). The summed E-state index contributed by atoms with van der Waals surface area (Å²) in [6.07, 6.45) is 0. The molecule has 0 atom stereocenters. The minimum atomic E-state index is 0.0291. The lowest BCUT2D eigenvalue weighted by Gasteiger charge is -2.08. The predicted octanol–water partition coefficient (Wildman–Crippen LogP) is 2.45. The Morgan fingerprint density at radius 3 is 1.95 bits per heavy atom. The molecule has 20 heavy (non-hydrogen) atoms. The molecular weight excluding hydrogens is 256 g/mol. The second kappa shape index (κ2) is 7.53. The lowest BCUT2D eigenvalue weighted by atomic mass is 10.1. The van der Waals surface area contributed by atoms with E-state index in [1.807, 2.05) is 36.4 Å². The second-order valence-electron chi connectivity index (χ2n) is 4.26. The van der Waals surface area contributed by atoms with Crippen molar-refractivity contribution in [2.45, 2.75) is 0 Å². The minimum absolute atomic E-state index is 0.0291. The number of hydrogen-bond donors (Lipinski definition) is 2. The van der Waals surface area contributed by atoms with Gasteiger partial charge in [0.1, 0.15) is 18.1 Å². The molecule has 0 aliphatic rings. The molecule has 0 unspecified atom stereocenters. The summed E-state index contributed by atoms with van der Waals surface area (Å²) in [7, 11) is 0. The molecule has 0 aliphatic heterocycles. The highest BCUT2D eigenvalue weighted by molar-refractivity contribution is 5.64. The first kappa shape index (κ1) is 14.4. The molecule has 2 aromatic carbocycles. The van der Waals surface area contributed by atoms with Gasteiger partial charge in [-0.3, -0.25) is 0 Å². The zero-order chi connectivity index (χ0) is 14.2. The van der Waals surface area contributed by atoms with Gasteiger partial charge in [-0.1, -0.05) is 24.3 Å². The van der Waals surface area contributed by atoms with Crippen LogP contribution in [0.5, 0.6) is 11.5 Å². The maximum absolute atomic E-state index is 9.26. The van der Waals surface area contributed by atoms with Gasteiger partial charge in [-0.25, -0.2) is 0 Å². The zero-order valence-corrected chi connectivity index (χ0v) is 11.2. The van der Waals surface area contributed by atoms with E-state index >= 15 is 0 Å². The Balaban J connectivity index is 1.88. The van der Waals surface area contributed by atoms with Gasteiger partial charge >= 0.3 is 0 Å². The zero-order valence-electron chi connectivity index (χ0n) is 11.2. The average molecular weight is 274 g/mol. The van der Waals surface area contributed by atoms with Crippen molar-refractivity contribution in [1.82, 2.24) is 0 Å². The number of hydrogen-bond acceptors (Lipinski definition) is 4. The molecule has 0 spiro atoms. The van der Waals surface area contributed by atoms with Crippen LogP contribution >= 0.6 is 0 Å². The molecule has 0 heterocycles. The standard InChI is InChI=1S/C16H18O4/c17-9-10-19-11-12-20-16-7-3-14(4-8-16)13-1-5-15(18)6-2-13/h1-8,17-18H,9-12H2. The summed E-state index contributed by atoms with van der Waals surface area (Å²) in [6, 6.07) is 14.8. The molecule has 0 saturated carbocycles. The molecule has 106 valence electrons. The first-order chi connectivity index (χ1) is 9.79. The predicted molar refractivity (Wildman–Crippen MR) is 76.9 cm³/mol. The third-order valence-corrected chi connectivity index (χ3v) is 2.79. The molecular formula is C16H18O4. The van der Waals surface area contributed by atoms with Crippen LogP contribution in [0.2, 0.25) is 0 Å². The van der Waals surface area contributed by atoms with Gasteiger partial charge in [0.2, 0.25) is 0 Å². The fraction of sp³-hybridized carbons (Fsp3) is 0.250. The largest absolute Gasteiger partial charge is 0.508 e. The molecule has 4 heteroatoms. The van der Waals surface area contributed by atoms with E-state index in [-0.39, 0.29) is 12.4 Å². The molecule has 0 aliphatic carbocycles. The normalized spacial score (nSPS) is 10.4. The summed E-state index contributed by atoms with van der Waals surface area (Å²) in [6.45, 7) is 1.28. The van der Waals surface area contributed by atoms with Crippen LogP contribution in [0.4, 0.5) is 0 Å². The Hall–Kier alpha value is -2.04. The van der Waals surface area contributed by atoms with Gasteiger partial charge in [-0.15, -0.1) is 0 Å². The molecule has 0 bridgehead atoms. The van der Waals surface area contributed by atoms with Crippen molar-refractivity contribution in [2.24, 2.45) is 0 Å². The Labute approximate surface area is 118 Å². The van der Waals surface area contributed by atoms with Gasteiger partial charge in [-0.05, 0) is 35.4 Å². The topological polar surface area (TPSA) is 58.9 Å². The van der Waals surface area contributed by atoms with Gasteiger partial charge in [0.25, 0.3) is 0 Å². The molecule has 0 radical (unpaired) electrons. The number of ether oxygens (including phenoxy) is 2. The maximum Gasteiger partial charge on any atom is 0.119 e. The van der Waals surface area contributed by atoms with Crippen LogP contribution in [-0.4, -0.2) is 36.6 Å². The van der Waals surface area contributed by atoms with Crippen LogP contribution in [0, 0.1) is 0 Å². The van der Waals surface area contributed by atoms with E-state index in [2.05, 4.69) is 0 Å². The smallest absolute Gasteiger partial charge is 0.119 e. The maximum atomic E-state index is 9.26. The molecule has 0 aromatic heterocycles. The van der Waals surface area contributed by atoms with Crippen molar-refractivity contribution < 1.29 is 19.7 Å². The third-order valence-electron chi connectivity index (χ3n) is 2.79. The van der Waals surface area contributed by atoms with Crippen LogP contribution in [0.3, 0.4) is 0 Å². The molecule has 2 aromatic rings. The van der Waals surface area contributed by atoms with Crippen LogP contribution in [-0.2, 0) is 4.74 Å². The van der Waals surface area contributed by atoms with E-state index in [4.69, 9.17) is 14.6 Å². The molecule has 0 saturated heterocycles. The van der Waals surface area contributed by atoms with Gasteiger partial charge in [0.05, 0.1) is 19.8 Å². The van der Waals surface area contributed by atoms with Crippen LogP contribution in [0.15, 0.2) is 48.5 Å². The average Bonchev–Trinajstić information content (AvgIpc) is 2.49. The number of aliphatic hydroxyl groups is 1. The summed E-state index contributed by atoms with van der Waals surface area (Å²) in [5, 5.41) is 17.8. The quantitative estimate of drug-likeness (QED) is 0.761. The molecule has 4 nitrogen and oxygen atoms in total. The Kier molecular flexibility index (Phi) is 5.41. The lowest BCUT2D eigenvalue weighted by Crippen LogP contribution is -2.08. The van der Waals surface area contributed by atoms with E-state index in [1.54, 1.807) is 12.1 Å². The minimum Gasteiger partial charge on any atom is -0.508 e. The Morgan fingerprint density at radius 2 is 1.35 bits per heavy atom. The number of rotatable bonds is 7. The summed E-state index contributed by atoms with van der Waals surface area (Å²) >= 11 is 0. The van der Waals surface area contributed by atoms with Crippen LogP contribution in [0.25, 0.3) is 11.1 Å². The van der Waals surface area contributed by atoms with Crippen molar-refractivity contribution in [3.63, 3.8) is 0 Å². The van der Waals surface area contributed by atoms with Crippen LogP contribution in [0.1, 0.15) is 0 Å². The number of phenols is 1. The monoisotopic (exact) mass is 274 g/mol. The summed E-state index contributed by atoms with van der Waals surface area (Å²) in [5.74, 6) is 1.04. The van der Waals surface area contributed by atoms with E-state index in [0.29, 0.717) is 19.8 Å². The number of aliphatic hydroxyl groups excluding tert-OH is 1. The van der Waals surface area contributed by atoms with Crippen LogP contribution < -0.4 is 4.74 Å². The first-order valence-electron chi connectivity index (χ1n) is 6.50. The van der Waals surface area contributed by atoms with Gasteiger partial charge in [0.15, 0.2) is 0 Å². The highest BCUT2D eigenvalue weighted by Crippen LogP contribution is 2.24. The van der Waals surface area contributed by atoms with Crippen molar-refractivity contribution in [3.05, 3.63) is 48.5 Å². The van der Waals surface area contributed by atoms with Gasteiger partial charge < -0.3 is 19.7 Å². The number of benzene rings is 2. The van der Waals surface area contributed by atoms with Crippen molar-refractivity contribution in [3.8, 4) is 22.6 Å². The van der Waals surface area contributed by atoms with Gasteiger partial charge in [-0.2, -0.15) is 0 Å². The molecule has 0 amide bonds. The van der Waals surface area contributed by atoms with Crippen molar-refractivity contribution >= 4 is 0 Å². The third kappa shape index (κ3) is 4.26. The van der Waals surface area contributed by atoms with E-state index in [9.17, 15) is 5.11 Å². The van der Waals surface area contributed by atoms with Crippen molar-refractivity contribution in [2.75, 3.05) is 26.4 Å². The number of aromatic hydroxyl groups is 1. The molecule has 2 N–H and O–H groups in total. The van der Waals surface area contributed by atoms with E-state index in [1.165, 1.54) is 0 Å². The van der Waals surface area contributed by atoms with Crippen molar-refractivity contribution in [1.29, 1.82) is 0 Å². The Morgan fingerprint density at radius 1 is 0.750 bits per heavy atom. The lowest BCUT2D eigenvalue weighted by molar-refractivity contribution is 0.0705. The number of phenolic OH excluding ortho intramolecular Hbond substituents is 1. The summed E-state index contributed by atoms with van der Waals surface area (Å²) in [5.41, 5.74) is 2.11. The molecule has 0 fully saturated rings. The highest BCUT2D eigenvalue weighted by Gasteiger charge is 1.99. The SMILES string of the molecule is OCCOCCOc1ccc(-c2ccc(O)cc2)cc1. The Bertz CT molecular complexity index is 505. The second-order valence-corrected chi connectivity index (χ2v) is 4.26. The summed E-state index contributed by atoms with van der Waals surface area (Å²) < 4.78 is 10.6. The summed E-state index contributed by atoms with van der Waals surface area (Å²) in [4.78, 5) is 0.